The number of morpholine rings is 1. The molecule has 1 aliphatic heterocycles. The Morgan fingerprint density at radius 1 is 0.647 bits per heavy atom. The molecule has 0 aromatic heterocycles. The van der Waals surface area contributed by atoms with E-state index in [2.05, 4.69) is 31.0 Å². The third-order valence-electron chi connectivity index (χ3n) is 10.5. The molecule has 0 aromatic rings. The number of nitrogens with zero attached hydrogens (tertiary/aromatic N) is 1. The first-order valence-corrected chi connectivity index (χ1v) is 22.0. The van der Waals surface area contributed by atoms with Crippen LogP contribution in [0, 0.1) is 0 Å². The van der Waals surface area contributed by atoms with Crippen LogP contribution in [0.25, 0.3) is 0 Å². The second-order valence-corrected chi connectivity index (χ2v) is 15.3. The van der Waals surface area contributed by atoms with Crippen molar-refractivity contribution in [2.24, 2.45) is 0 Å². The molecule has 0 bridgehead atoms. The van der Waals surface area contributed by atoms with Crippen molar-refractivity contribution in [3.63, 3.8) is 0 Å². The molecule has 0 aromatic carbocycles. The molecule has 8 nitrogen and oxygen atoms in total. The molecule has 8 heteroatoms. The van der Waals surface area contributed by atoms with Crippen LogP contribution in [0.2, 0.25) is 0 Å². The highest BCUT2D eigenvalue weighted by Gasteiger charge is 2.35. The van der Waals surface area contributed by atoms with E-state index in [1.165, 1.54) is 89.9 Å². The van der Waals surface area contributed by atoms with Crippen LogP contribution >= 0.6 is 0 Å². The number of carbonyl (C=O) groups is 3. The molecule has 2 N–H and O–H groups in total. The molecule has 1 heterocycles. The zero-order valence-electron chi connectivity index (χ0n) is 33.7. The molecule has 2 atom stereocenters. The predicted octanol–water partition coefficient (Wildman–Crippen LogP) is 10.4. The summed E-state index contributed by atoms with van der Waals surface area (Å²) in [5.41, 5.74) is 0. The van der Waals surface area contributed by atoms with E-state index in [1.807, 2.05) is 0 Å². The first-order chi connectivity index (χ1) is 24.9. The number of carbonyl (C=O) groups excluding carboxylic acids is 3. The Balaban J connectivity index is 2.21. The third-order valence-corrected chi connectivity index (χ3v) is 10.5. The van der Waals surface area contributed by atoms with Crippen molar-refractivity contribution in [1.29, 1.82) is 0 Å². The highest BCUT2D eigenvalue weighted by molar-refractivity contribution is 5.92. The van der Waals surface area contributed by atoms with Crippen molar-refractivity contribution in [1.82, 2.24) is 10.2 Å². The molecule has 0 radical (unpaired) electrons. The molecule has 0 spiro atoms. The van der Waals surface area contributed by atoms with Gasteiger partial charge >= 0.3 is 11.9 Å². The van der Waals surface area contributed by atoms with Crippen molar-refractivity contribution >= 4 is 17.8 Å². The Hall–Kier alpha value is -1.67. The van der Waals surface area contributed by atoms with Crippen LogP contribution in [-0.2, 0) is 23.9 Å². The average Bonchev–Trinajstić information content (AvgIpc) is 3.12. The maximum absolute atomic E-state index is 12.7. The molecular weight excluding hydrogens is 640 g/mol. The number of esters is 2. The quantitative estimate of drug-likeness (QED) is 0.0486. The van der Waals surface area contributed by atoms with Crippen molar-refractivity contribution in [3.05, 3.63) is 0 Å². The lowest BCUT2D eigenvalue weighted by Crippen LogP contribution is -2.53. The van der Waals surface area contributed by atoms with E-state index in [0.717, 1.165) is 96.6 Å². The lowest BCUT2D eigenvalue weighted by molar-refractivity contribution is -0.166. The summed E-state index contributed by atoms with van der Waals surface area (Å²) in [7, 11) is 0. The van der Waals surface area contributed by atoms with Crippen molar-refractivity contribution in [3.8, 4) is 0 Å². The minimum Gasteiger partial charge on any atom is -0.462 e. The molecule has 1 rings (SSSR count). The lowest BCUT2D eigenvalue weighted by Gasteiger charge is -2.29. The van der Waals surface area contributed by atoms with Crippen LogP contribution in [0.5, 0.6) is 0 Å². The maximum Gasteiger partial charge on any atom is 0.329 e. The molecule has 51 heavy (non-hydrogen) atoms. The number of hydrogen-bond acceptors (Lipinski definition) is 7. The Bertz CT molecular complexity index is 823. The highest BCUT2D eigenvalue weighted by Crippen LogP contribution is 2.19. The molecule has 300 valence electrons. The molecular formula is C43H82N2O6. The SMILES string of the molecule is CCCCCCCCC(CCCCCCCC)OC(=O)CCCCCCCN(CCO)CCCCC1NC(=O)C(CCCCCCCC)OC1=O. The predicted molar refractivity (Wildman–Crippen MR) is 211 cm³/mol. The van der Waals surface area contributed by atoms with Gasteiger partial charge in [-0.15, -0.1) is 0 Å². The minimum absolute atomic E-state index is 0.0138. The zero-order valence-corrected chi connectivity index (χ0v) is 33.7. The number of rotatable bonds is 37. The van der Waals surface area contributed by atoms with Gasteiger partial charge < -0.3 is 24.8 Å². The topological polar surface area (TPSA) is 105 Å². The highest BCUT2D eigenvalue weighted by atomic mass is 16.6. The van der Waals surface area contributed by atoms with Crippen molar-refractivity contribution < 1.29 is 29.0 Å². The van der Waals surface area contributed by atoms with Gasteiger partial charge in [-0.1, -0.05) is 136 Å². The fourth-order valence-corrected chi connectivity index (χ4v) is 7.20. The summed E-state index contributed by atoms with van der Waals surface area (Å²) in [6, 6.07) is -0.548. The van der Waals surface area contributed by atoms with Gasteiger partial charge in [-0.2, -0.15) is 0 Å². The number of ether oxygens (including phenoxy) is 2. The molecule has 1 saturated heterocycles. The second-order valence-electron chi connectivity index (χ2n) is 15.3. The number of aliphatic hydroxyl groups excluding tert-OH is 1. The summed E-state index contributed by atoms with van der Waals surface area (Å²) < 4.78 is 11.5. The number of amides is 1. The number of cyclic esters (lactones) is 1. The third kappa shape index (κ3) is 26.7. The number of nitrogens with one attached hydrogen (secondary N) is 1. The summed E-state index contributed by atoms with van der Waals surface area (Å²) >= 11 is 0. The zero-order chi connectivity index (χ0) is 37.2. The van der Waals surface area contributed by atoms with Gasteiger partial charge in [-0.05, 0) is 83.7 Å². The van der Waals surface area contributed by atoms with E-state index >= 15 is 0 Å². The van der Waals surface area contributed by atoms with E-state index in [1.54, 1.807) is 0 Å². The minimum atomic E-state index is -0.638. The first-order valence-electron chi connectivity index (χ1n) is 22.0. The Kier molecular flexibility index (Phi) is 31.7. The van der Waals surface area contributed by atoms with E-state index in [9.17, 15) is 19.5 Å². The monoisotopic (exact) mass is 723 g/mol. The van der Waals surface area contributed by atoms with Crippen LogP contribution in [0.4, 0.5) is 0 Å². The number of unbranched alkanes of at least 4 members (excludes halogenated alkanes) is 20. The summed E-state index contributed by atoms with van der Waals surface area (Å²) in [6.07, 6.45) is 32.2. The Labute approximate surface area is 314 Å². The average molecular weight is 723 g/mol. The normalized spacial score (nSPS) is 16.2. The standard InChI is InChI=1S/C43H82N2O6/c1-4-7-10-13-17-22-29-38(30-23-18-14-11-8-5-2)50-41(47)33-25-20-16-21-27-34-45(36-37-46)35-28-26-31-39-43(49)51-40(42(48)44-39)32-24-19-15-12-9-6-3/h38-40,46H,4-37H2,1-3H3,(H,44,48). The van der Waals surface area contributed by atoms with Crippen LogP contribution < -0.4 is 5.32 Å². The van der Waals surface area contributed by atoms with Gasteiger partial charge in [-0.25, -0.2) is 4.79 Å². The summed E-state index contributed by atoms with van der Waals surface area (Å²) in [6.45, 7) is 9.27. The van der Waals surface area contributed by atoms with Crippen molar-refractivity contribution in [2.45, 2.75) is 232 Å². The lowest BCUT2D eigenvalue weighted by atomic mass is 10.0. The van der Waals surface area contributed by atoms with Gasteiger partial charge in [0.25, 0.3) is 5.91 Å². The largest absolute Gasteiger partial charge is 0.462 e. The summed E-state index contributed by atoms with van der Waals surface area (Å²) in [4.78, 5) is 40.0. The first kappa shape index (κ1) is 47.4. The maximum atomic E-state index is 12.7. The van der Waals surface area contributed by atoms with E-state index in [4.69, 9.17) is 9.47 Å². The number of hydrogen-bond donors (Lipinski definition) is 2. The molecule has 1 aliphatic rings. The summed E-state index contributed by atoms with van der Waals surface area (Å²) in [5, 5.41) is 12.5. The van der Waals surface area contributed by atoms with Crippen molar-refractivity contribution in [2.75, 3.05) is 26.2 Å². The molecule has 1 amide bonds. The van der Waals surface area contributed by atoms with Crippen LogP contribution in [0.15, 0.2) is 0 Å². The van der Waals surface area contributed by atoms with Crippen LogP contribution in [-0.4, -0.2) is 72.3 Å². The van der Waals surface area contributed by atoms with Gasteiger partial charge in [0.05, 0.1) is 6.61 Å². The fraction of sp³-hybridized carbons (Fsp3) is 0.930. The van der Waals surface area contributed by atoms with E-state index < -0.39 is 12.1 Å². The molecule has 2 unspecified atom stereocenters. The summed E-state index contributed by atoms with van der Waals surface area (Å²) in [5.74, 6) is -0.463. The second kappa shape index (κ2) is 34.1. The van der Waals surface area contributed by atoms with E-state index in [-0.39, 0.29) is 30.6 Å². The molecule has 0 aliphatic carbocycles. The molecule has 0 saturated carbocycles. The van der Waals surface area contributed by atoms with Gasteiger partial charge in [0.2, 0.25) is 0 Å². The number of aliphatic hydroxyl groups is 1. The Morgan fingerprint density at radius 3 is 1.69 bits per heavy atom. The molecule has 1 fully saturated rings. The van der Waals surface area contributed by atoms with E-state index in [0.29, 0.717) is 25.8 Å². The van der Waals surface area contributed by atoms with Crippen LogP contribution in [0.1, 0.15) is 213 Å². The van der Waals surface area contributed by atoms with Gasteiger partial charge in [0, 0.05) is 13.0 Å². The Morgan fingerprint density at radius 2 is 1.12 bits per heavy atom. The van der Waals surface area contributed by atoms with Gasteiger partial charge in [0.1, 0.15) is 12.1 Å². The smallest absolute Gasteiger partial charge is 0.329 e. The van der Waals surface area contributed by atoms with Gasteiger partial charge in [-0.3, -0.25) is 9.59 Å². The fourth-order valence-electron chi connectivity index (χ4n) is 7.20. The van der Waals surface area contributed by atoms with Crippen LogP contribution in [0.3, 0.4) is 0 Å². The van der Waals surface area contributed by atoms with Gasteiger partial charge in [0.15, 0.2) is 6.10 Å².